The number of ether oxygens (including phenoxy) is 1. The Balaban J connectivity index is 1.65. The van der Waals surface area contributed by atoms with E-state index in [1.54, 1.807) is 11.3 Å². The number of nitrogens with zero attached hydrogens (tertiary/aromatic N) is 1. The van der Waals surface area contributed by atoms with E-state index in [1.807, 2.05) is 0 Å². The number of fused-ring (bicyclic) bond motifs is 1. The van der Waals surface area contributed by atoms with Crippen molar-refractivity contribution in [2.75, 3.05) is 32.6 Å². The van der Waals surface area contributed by atoms with Crippen LogP contribution in [0.3, 0.4) is 0 Å². The molecule has 5 nitrogen and oxygen atoms in total. The Bertz CT molecular complexity index is 544. The van der Waals surface area contributed by atoms with E-state index < -0.39 is 10.0 Å². The molecule has 1 aromatic heterocycles. The summed E-state index contributed by atoms with van der Waals surface area (Å²) in [5, 5.41) is 2.09. The van der Waals surface area contributed by atoms with Gasteiger partial charge < -0.3 is 4.74 Å². The first-order chi connectivity index (χ1) is 9.51. The minimum absolute atomic E-state index is 0.0860. The smallest absolute Gasteiger partial charge is 0.209 e. The molecule has 0 radical (unpaired) electrons. The van der Waals surface area contributed by atoms with Gasteiger partial charge in [0.1, 0.15) is 0 Å². The van der Waals surface area contributed by atoms with Crippen LogP contribution in [0.5, 0.6) is 0 Å². The minimum Gasteiger partial charge on any atom is -0.379 e. The Hall–Kier alpha value is -0.470. The van der Waals surface area contributed by atoms with Gasteiger partial charge in [0.15, 0.2) is 0 Å². The van der Waals surface area contributed by atoms with Gasteiger partial charge in [0.05, 0.1) is 19.5 Å². The Morgan fingerprint density at radius 3 is 3.00 bits per heavy atom. The molecule has 0 unspecified atom stereocenters. The van der Waals surface area contributed by atoms with Gasteiger partial charge in [-0.25, -0.2) is 13.1 Å². The van der Waals surface area contributed by atoms with Crippen LogP contribution in [0.1, 0.15) is 4.88 Å². The number of hydrogen-bond acceptors (Lipinski definition) is 5. The first-order valence-corrected chi connectivity index (χ1v) is 9.58. The molecule has 2 aliphatic rings. The van der Waals surface area contributed by atoms with Crippen LogP contribution in [0, 0.1) is 11.8 Å². The van der Waals surface area contributed by atoms with Crippen LogP contribution in [-0.2, 0) is 21.3 Å². The number of nitrogens with one attached hydrogen (secondary N) is 1. The molecular formula is C13H20N2O3S2. The standard InChI is InChI=1S/C13H20N2O3S2/c1-20(16,17)14-13-9-18-8-10-5-15(7-12(10)13)6-11-3-2-4-19-11/h2-4,10,12-14H,5-9H2,1H3/t10-,12-,13+/m0/s1. The van der Waals surface area contributed by atoms with Gasteiger partial charge in [-0.1, -0.05) is 6.07 Å². The molecule has 7 heteroatoms. The fourth-order valence-electron chi connectivity index (χ4n) is 3.24. The highest BCUT2D eigenvalue weighted by atomic mass is 32.2. The Labute approximate surface area is 124 Å². The molecule has 0 aliphatic carbocycles. The topological polar surface area (TPSA) is 58.6 Å². The Morgan fingerprint density at radius 1 is 1.45 bits per heavy atom. The lowest BCUT2D eigenvalue weighted by Crippen LogP contribution is -2.49. The van der Waals surface area contributed by atoms with Gasteiger partial charge in [-0.05, 0) is 17.4 Å². The third kappa shape index (κ3) is 3.40. The lowest BCUT2D eigenvalue weighted by Gasteiger charge is -2.32. The molecule has 20 heavy (non-hydrogen) atoms. The molecular weight excluding hydrogens is 296 g/mol. The molecule has 0 aromatic carbocycles. The van der Waals surface area contributed by atoms with Crippen molar-refractivity contribution in [3.05, 3.63) is 22.4 Å². The van der Waals surface area contributed by atoms with Gasteiger partial charge in [0.25, 0.3) is 0 Å². The highest BCUT2D eigenvalue weighted by Crippen LogP contribution is 2.31. The zero-order valence-corrected chi connectivity index (χ0v) is 13.1. The van der Waals surface area contributed by atoms with Crippen LogP contribution >= 0.6 is 11.3 Å². The van der Waals surface area contributed by atoms with E-state index in [2.05, 4.69) is 27.1 Å². The lowest BCUT2D eigenvalue weighted by atomic mass is 9.88. The number of likely N-dealkylation sites (tertiary alicyclic amines) is 1. The maximum absolute atomic E-state index is 11.4. The monoisotopic (exact) mass is 316 g/mol. The number of sulfonamides is 1. The maximum atomic E-state index is 11.4. The van der Waals surface area contributed by atoms with E-state index in [9.17, 15) is 8.42 Å². The molecule has 0 amide bonds. The van der Waals surface area contributed by atoms with E-state index in [1.165, 1.54) is 11.1 Å². The summed E-state index contributed by atoms with van der Waals surface area (Å²) in [6.07, 6.45) is 1.22. The van der Waals surface area contributed by atoms with Gasteiger partial charge >= 0.3 is 0 Å². The van der Waals surface area contributed by atoms with Gasteiger partial charge in [-0.15, -0.1) is 11.3 Å². The minimum atomic E-state index is -3.18. The number of hydrogen-bond donors (Lipinski definition) is 1. The third-order valence-corrected chi connectivity index (χ3v) is 5.63. The van der Waals surface area contributed by atoms with Crippen molar-refractivity contribution in [2.24, 2.45) is 11.8 Å². The van der Waals surface area contributed by atoms with Crippen LogP contribution in [0.25, 0.3) is 0 Å². The quantitative estimate of drug-likeness (QED) is 0.890. The zero-order chi connectivity index (χ0) is 14.2. The molecule has 3 rings (SSSR count). The predicted octanol–water partition coefficient (Wildman–Crippen LogP) is 0.744. The van der Waals surface area contributed by atoms with Gasteiger partial charge in [0, 0.05) is 36.5 Å². The summed E-state index contributed by atoms with van der Waals surface area (Å²) >= 11 is 1.77. The van der Waals surface area contributed by atoms with Gasteiger partial charge in [-0.2, -0.15) is 0 Å². The molecule has 3 atom stereocenters. The second-order valence-electron chi connectivity index (χ2n) is 5.73. The van der Waals surface area contributed by atoms with E-state index >= 15 is 0 Å². The number of thiophene rings is 1. The summed E-state index contributed by atoms with van der Waals surface area (Å²) < 4.78 is 31.2. The fraction of sp³-hybridized carbons (Fsp3) is 0.692. The largest absolute Gasteiger partial charge is 0.379 e. The van der Waals surface area contributed by atoms with Crippen LogP contribution in [0.4, 0.5) is 0 Å². The van der Waals surface area contributed by atoms with Crippen molar-refractivity contribution in [3.63, 3.8) is 0 Å². The fourth-order valence-corrected chi connectivity index (χ4v) is 4.78. The Kier molecular flexibility index (Phi) is 4.14. The molecule has 1 aromatic rings. The molecule has 112 valence electrons. The van der Waals surface area contributed by atoms with E-state index in [4.69, 9.17) is 4.74 Å². The molecule has 3 heterocycles. The molecule has 0 saturated carbocycles. The summed E-state index contributed by atoms with van der Waals surface area (Å²) in [7, 11) is -3.18. The highest BCUT2D eigenvalue weighted by Gasteiger charge is 2.41. The number of rotatable bonds is 4. The average molecular weight is 316 g/mol. The van der Waals surface area contributed by atoms with Crippen molar-refractivity contribution in [1.29, 1.82) is 0 Å². The van der Waals surface area contributed by atoms with Crippen LogP contribution in [0.15, 0.2) is 17.5 Å². The van der Waals surface area contributed by atoms with Crippen molar-refractivity contribution in [1.82, 2.24) is 9.62 Å². The maximum Gasteiger partial charge on any atom is 0.209 e. The molecule has 2 fully saturated rings. The van der Waals surface area contributed by atoms with Crippen LogP contribution < -0.4 is 4.72 Å². The molecule has 0 bridgehead atoms. The SMILES string of the molecule is CS(=O)(=O)N[C@@H]1COC[C@@H]2CN(Cc3cccs3)C[C@@H]21. The summed E-state index contributed by atoms with van der Waals surface area (Å²) in [6.45, 7) is 4.12. The third-order valence-electron chi connectivity index (χ3n) is 4.04. The van der Waals surface area contributed by atoms with Crippen molar-refractivity contribution >= 4 is 21.4 Å². The second-order valence-corrected chi connectivity index (χ2v) is 8.54. The zero-order valence-electron chi connectivity index (χ0n) is 11.5. The molecule has 2 saturated heterocycles. The second kappa shape index (κ2) is 5.73. The molecule has 1 N–H and O–H groups in total. The Morgan fingerprint density at radius 2 is 2.30 bits per heavy atom. The summed E-state index contributed by atoms with van der Waals surface area (Å²) in [4.78, 5) is 3.77. The highest BCUT2D eigenvalue weighted by molar-refractivity contribution is 7.88. The summed E-state index contributed by atoms with van der Waals surface area (Å²) in [5.41, 5.74) is 0. The normalized spacial score (nSPS) is 31.4. The van der Waals surface area contributed by atoms with Crippen LogP contribution in [-0.4, -0.2) is 51.9 Å². The van der Waals surface area contributed by atoms with Crippen molar-refractivity contribution in [3.8, 4) is 0 Å². The van der Waals surface area contributed by atoms with Crippen molar-refractivity contribution < 1.29 is 13.2 Å². The van der Waals surface area contributed by atoms with E-state index in [0.717, 1.165) is 26.2 Å². The van der Waals surface area contributed by atoms with E-state index in [-0.39, 0.29) is 6.04 Å². The summed E-state index contributed by atoms with van der Waals surface area (Å²) in [5.74, 6) is 0.793. The van der Waals surface area contributed by atoms with Crippen LogP contribution in [0.2, 0.25) is 0 Å². The molecule has 2 aliphatic heterocycles. The predicted molar refractivity (Wildman–Crippen MR) is 79.2 cm³/mol. The first kappa shape index (κ1) is 14.5. The van der Waals surface area contributed by atoms with Gasteiger partial charge in [-0.3, -0.25) is 4.90 Å². The average Bonchev–Trinajstić information content (AvgIpc) is 2.97. The van der Waals surface area contributed by atoms with E-state index in [0.29, 0.717) is 18.4 Å². The van der Waals surface area contributed by atoms with Crippen molar-refractivity contribution in [2.45, 2.75) is 12.6 Å². The molecule has 0 spiro atoms. The lowest BCUT2D eigenvalue weighted by molar-refractivity contribution is 0.0164. The summed E-state index contributed by atoms with van der Waals surface area (Å²) in [6, 6.07) is 4.13. The first-order valence-electron chi connectivity index (χ1n) is 6.81. The van der Waals surface area contributed by atoms with Gasteiger partial charge in [0.2, 0.25) is 10.0 Å².